The summed E-state index contributed by atoms with van der Waals surface area (Å²) in [5, 5.41) is 10.6. The molecule has 3 nitrogen and oxygen atoms in total. The molecule has 0 spiro atoms. The molecule has 1 heterocycles. The average molecular weight is 310 g/mol. The number of aliphatic hydroxyl groups excluding tert-OH is 1. The summed E-state index contributed by atoms with van der Waals surface area (Å²) in [6.45, 7) is 3.77. The molecule has 2 rings (SSSR count). The Hall–Kier alpha value is -1.65. The van der Waals surface area contributed by atoms with Crippen molar-refractivity contribution in [3.05, 3.63) is 57.6 Å². The quantitative estimate of drug-likeness (QED) is 0.934. The van der Waals surface area contributed by atoms with E-state index in [1.54, 1.807) is 13.3 Å². The number of hydrogen-bond acceptors (Lipinski definition) is 3. The van der Waals surface area contributed by atoms with E-state index in [2.05, 4.69) is 4.98 Å². The lowest BCUT2D eigenvalue weighted by molar-refractivity contribution is 0.172. The minimum atomic E-state index is -1.01. The molecule has 0 saturated carbocycles. The van der Waals surface area contributed by atoms with Gasteiger partial charge in [-0.2, -0.15) is 0 Å². The van der Waals surface area contributed by atoms with E-state index >= 15 is 0 Å². The predicted octanol–water partition coefficient (Wildman–Crippen LogP) is 3.78. The van der Waals surface area contributed by atoms with Gasteiger partial charge in [-0.05, 0) is 32.0 Å². The van der Waals surface area contributed by atoms with Crippen molar-refractivity contribution in [2.45, 2.75) is 26.4 Å². The Morgan fingerprint density at radius 2 is 2.10 bits per heavy atom. The molecule has 0 aliphatic rings. The van der Waals surface area contributed by atoms with E-state index in [0.29, 0.717) is 10.7 Å². The van der Waals surface area contributed by atoms with E-state index in [0.717, 1.165) is 16.9 Å². The van der Waals surface area contributed by atoms with Gasteiger partial charge in [0.05, 0.1) is 13.2 Å². The van der Waals surface area contributed by atoms with E-state index in [4.69, 9.17) is 16.3 Å². The van der Waals surface area contributed by atoms with Crippen molar-refractivity contribution < 1.29 is 14.2 Å². The fourth-order valence-electron chi connectivity index (χ4n) is 2.34. The summed E-state index contributed by atoms with van der Waals surface area (Å²) >= 11 is 5.85. The Morgan fingerprint density at radius 3 is 2.76 bits per heavy atom. The number of methoxy groups -OCH3 is 1. The number of halogens is 2. The maximum absolute atomic E-state index is 13.8. The van der Waals surface area contributed by atoms with Gasteiger partial charge in [0.25, 0.3) is 0 Å². The third kappa shape index (κ3) is 3.34. The molecule has 2 aromatic rings. The first kappa shape index (κ1) is 15.7. The van der Waals surface area contributed by atoms with Crippen molar-refractivity contribution in [1.82, 2.24) is 4.98 Å². The molecule has 21 heavy (non-hydrogen) atoms. The molecule has 5 heteroatoms. The molecule has 0 aliphatic heterocycles. The Balaban J connectivity index is 2.32. The standard InChI is InChI=1S/C16H17ClFNO2/c1-9-8-19-14(10(2)16(9)21-3)7-15(20)12-6-11(17)4-5-13(12)18/h4-6,8,15,20H,7H2,1-3H3. The molecular formula is C16H17ClFNO2. The van der Waals surface area contributed by atoms with E-state index < -0.39 is 11.9 Å². The van der Waals surface area contributed by atoms with Gasteiger partial charge in [-0.1, -0.05) is 11.6 Å². The topological polar surface area (TPSA) is 42.4 Å². The first-order valence-electron chi connectivity index (χ1n) is 6.56. The van der Waals surface area contributed by atoms with E-state index in [-0.39, 0.29) is 12.0 Å². The normalized spacial score (nSPS) is 12.3. The summed E-state index contributed by atoms with van der Waals surface area (Å²) in [7, 11) is 1.59. The van der Waals surface area contributed by atoms with Crippen molar-refractivity contribution in [2.75, 3.05) is 7.11 Å². The maximum atomic E-state index is 13.8. The Bertz CT molecular complexity index is 661. The number of benzene rings is 1. The minimum absolute atomic E-state index is 0.170. The van der Waals surface area contributed by atoms with Crippen LogP contribution in [0.3, 0.4) is 0 Å². The predicted molar refractivity (Wildman–Crippen MR) is 80.3 cm³/mol. The Kier molecular flexibility index (Phi) is 4.80. The molecule has 1 N–H and O–H groups in total. The second-order valence-corrected chi connectivity index (χ2v) is 5.37. The zero-order chi connectivity index (χ0) is 15.6. The van der Waals surface area contributed by atoms with Crippen LogP contribution in [0.15, 0.2) is 24.4 Å². The zero-order valence-electron chi connectivity index (χ0n) is 12.2. The molecule has 112 valence electrons. The average Bonchev–Trinajstić information content (AvgIpc) is 2.45. The summed E-state index contributed by atoms with van der Waals surface area (Å²) in [6.07, 6.45) is 0.865. The minimum Gasteiger partial charge on any atom is -0.496 e. The van der Waals surface area contributed by atoms with E-state index in [9.17, 15) is 9.50 Å². The van der Waals surface area contributed by atoms with Gasteiger partial charge in [-0.25, -0.2) is 4.39 Å². The van der Waals surface area contributed by atoms with Crippen molar-refractivity contribution in [2.24, 2.45) is 0 Å². The third-order valence-electron chi connectivity index (χ3n) is 3.45. The molecule has 0 bridgehead atoms. The molecule has 0 aliphatic carbocycles. The van der Waals surface area contributed by atoms with Crippen LogP contribution in [0, 0.1) is 19.7 Å². The number of ether oxygens (including phenoxy) is 1. The van der Waals surface area contributed by atoms with Crippen LogP contribution in [0.4, 0.5) is 4.39 Å². The largest absolute Gasteiger partial charge is 0.496 e. The van der Waals surface area contributed by atoms with Crippen LogP contribution in [0.2, 0.25) is 5.02 Å². The number of aryl methyl sites for hydroxylation is 1. The highest BCUT2D eigenvalue weighted by Gasteiger charge is 2.18. The van der Waals surface area contributed by atoms with Gasteiger partial charge in [-0.3, -0.25) is 4.98 Å². The molecule has 0 saturated heterocycles. The molecule has 1 aromatic heterocycles. The lowest BCUT2D eigenvalue weighted by Crippen LogP contribution is -2.08. The fraction of sp³-hybridized carbons (Fsp3) is 0.312. The van der Waals surface area contributed by atoms with Gasteiger partial charge < -0.3 is 9.84 Å². The number of pyridine rings is 1. The molecule has 1 atom stereocenters. The Labute approximate surface area is 128 Å². The van der Waals surface area contributed by atoms with Gasteiger partial charge in [-0.15, -0.1) is 0 Å². The summed E-state index contributed by atoms with van der Waals surface area (Å²) < 4.78 is 19.1. The highest BCUT2D eigenvalue weighted by molar-refractivity contribution is 6.30. The second-order valence-electron chi connectivity index (χ2n) is 4.93. The van der Waals surface area contributed by atoms with Gasteiger partial charge in [0, 0.05) is 40.0 Å². The van der Waals surface area contributed by atoms with Crippen LogP contribution in [-0.4, -0.2) is 17.2 Å². The highest BCUT2D eigenvalue weighted by Crippen LogP contribution is 2.29. The van der Waals surface area contributed by atoms with Crippen LogP contribution in [-0.2, 0) is 6.42 Å². The summed E-state index contributed by atoms with van der Waals surface area (Å²) in [6, 6.07) is 4.13. The van der Waals surface area contributed by atoms with Gasteiger partial charge in [0.15, 0.2) is 0 Å². The van der Waals surface area contributed by atoms with Crippen LogP contribution in [0.1, 0.15) is 28.5 Å². The van der Waals surface area contributed by atoms with Crippen molar-refractivity contribution in [3.63, 3.8) is 0 Å². The van der Waals surface area contributed by atoms with Crippen molar-refractivity contribution >= 4 is 11.6 Å². The number of aliphatic hydroxyl groups is 1. The number of hydrogen-bond donors (Lipinski definition) is 1. The Morgan fingerprint density at radius 1 is 1.38 bits per heavy atom. The zero-order valence-corrected chi connectivity index (χ0v) is 12.9. The summed E-state index contributed by atoms with van der Waals surface area (Å²) in [4.78, 5) is 4.31. The third-order valence-corrected chi connectivity index (χ3v) is 3.69. The molecule has 1 unspecified atom stereocenters. The maximum Gasteiger partial charge on any atom is 0.129 e. The first-order chi connectivity index (χ1) is 9.93. The number of aromatic nitrogens is 1. The lowest BCUT2D eigenvalue weighted by atomic mass is 10.0. The monoisotopic (exact) mass is 309 g/mol. The fourth-order valence-corrected chi connectivity index (χ4v) is 2.52. The molecular weight excluding hydrogens is 293 g/mol. The van der Waals surface area contributed by atoms with Gasteiger partial charge in [0.2, 0.25) is 0 Å². The first-order valence-corrected chi connectivity index (χ1v) is 6.94. The number of rotatable bonds is 4. The van der Waals surface area contributed by atoms with Crippen LogP contribution >= 0.6 is 11.6 Å². The number of nitrogens with zero attached hydrogens (tertiary/aromatic N) is 1. The van der Waals surface area contributed by atoms with Crippen LogP contribution in [0.25, 0.3) is 0 Å². The summed E-state index contributed by atoms with van der Waals surface area (Å²) in [5.74, 6) is 0.252. The molecule has 0 fully saturated rings. The molecule has 1 aromatic carbocycles. The van der Waals surface area contributed by atoms with Crippen molar-refractivity contribution in [1.29, 1.82) is 0 Å². The van der Waals surface area contributed by atoms with E-state index in [1.807, 2.05) is 13.8 Å². The van der Waals surface area contributed by atoms with Gasteiger partial charge >= 0.3 is 0 Å². The highest BCUT2D eigenvalue weighted by atomic mass is 35.5. The van der Waals surface area contributed by atoms with E-state index in [1.165, 1.54) is 18.2 Å². The lowest BCUT2D eigenvalue weighted by Gasteiger charge is -2.16. The van der Waals surface area contributed by atoms with Crippen molar-refractivity contribution in [3.8, 4) is 5.75 Å². The molecule has 0 radical (unpaired) electrons. The molecule has 0 amide bonds. The van der Waals surface area contributed by atoms with Crippen LogP contribution in [0.5, 0.6) is 5.75 Å². The second kappa shape index (κ2) is 6.41. The summed E-state index contributed by atoms with van der Waals surface area (Å²) in [5.41, 5.74) is 2.61. The van der Waals surface area contributed by atoms with Crippen LogP contribution < -0.4 is 4.74 Å². The smallest absolute Gasteiger partial charge is 0.129 e. The van der Waals surface area contributed by atoms with Gasteiger partial charge in [0.1, 0.15) is 11.6 Å². The SMILES string of the molecule is COc1c(C)cnc(CC(O)c2cc(Cl)ccc2F)c1C.